The first-order valence-electron chi connectivity index (χ1n) is 5.23. The first kappa shape index (κ1) is 13.5. The van der Waals surface area contributed by atoms with Crippen LogP contribution in [0.1, 0.15) is 27.2 Å². The minimum Gasteiger partial charge on any atom is -0.351 e. The third-order valence-corrected chi connectivity index (χ3v) is 2.78. The Morgan fingerprint density at radius 2 is 1.88 bits per heavy atom. The average Bonchev–Trinajstić information content (AvgIpc) is 2.19. The average molecular weight is 262 g/mol. The fraction of sp³-hybridized carbons (Fsp3) is 0.636. The molecule has 0 saturated carbocycles. The number of alkyl halides is 1. The number of hydrogen-bond acceptors (Lipinski definition) is 3. The highest BCUT2D eigenvalue weighted by atomic mass is 35.5. The number of halogens is 2. The largest absolute Gasteiger partial charge is 0.351 e. The first-order chi connectivity index (χ1) is 7.43. The summed E-state index contributed by atoms with van der Waals surface area (Å²) in [5.74, 6) is 1.21. The van der Waals surface area contributed by atoms with E-state index in [1.54, 1.807) is 12.4 Å². The van der Waals surface area contributed by atoms with Crippen molar-refractivity contribution in [3.05, 3.63) is 17.4 Å². The molecule has 16 heavy (non-hydrogen) atoms. The van der Waals surface area contributed by atoms with E-state index >= 15 is 0 Å². The van der Waals surface area contributed by atoms with E-state index < -0.39 is 0 Å². The van der Waals surface area contributed by atoms with Crippen molar-refractivity contribution in [2.24, 2.45) is 5.41 Å². The van der Waals surface area contributed by atoms with Crippen LogP contribution in [-0.4, -0.2) is 21.9 Å². The lowest BCUT2D eigenvalue weighted by Crippen LogP contribution is -2.35. The molecule has 1 rings (SSSR count). The zero-order valence-electron chi connectivity index (χ0n) is 9.80. The van der Waals surface area contributed by atoms with Crippen LogP contribution in [0.2, 0.25) is 5.02 Å². The number of nitrogens with one attached hydrogen (secondary N) is 1. The second-order valence-electron chi connectivity index (χ2n) is 4.77. The Morgan fingerprint density at radius 1 is 1.31 bits per heavy atom. The van der Waals surface area contributed by atoms with Gasteiger partial charge in [-0.2, -0.15) is 0 Å². The Kier molecular flexibility index (Phi) is 4.81. The third-order valence-electron chi connectivity index (χ3n) is 2.37. The summed E-state index contributed by atoms with van der Waals surface area (Å²) in [7, 11) is 0. The van der Waals surface area contributed by atoms with Crippen LogP contribution in [0.5, 0.6) is 0 Å². The summed E-state index contributed by atoms with van der Waals surface area (Å²) in [6.07, 6.45) is 4.03. The minimum absolute atomic E-state index is 0.109. The van der Waals surface area contributed by atoms with Crippen molar-refractivity contribution in [3.63, 3.8) is 0 Å². The molecule has 1 aromatic heterocycles. The predicted octanol–water partition coefficient (Wildman–Crippen LogP) is 3.59. The maximum Gasteiger partial charge on any atom is 0.222 e. The lowest BCUT2D eigenvalue weighted by atomic mass is 9.85. The highest BCUT2D eigenvalue weighted by Crippen LogP contribution is 2.24. The SMILES string of the molecule is CC(C)(C)C(CCCl)Nc1ncc(Cl)cn1. The van der Waals surface area contributed by atoms with E-state index in [1.807, 2.05) is 0 Å². The summed E-state index contributed by atoms with van der Waals surface area (Å²) < 4.78 is 0. The Bertz CT molecular complexity index is 319. The molecule has 1 heterocycles. The Morgan fingerprint density at radius 3 is 2.31 bits per heavy atom. The van der Waals surface area contributed by atoms with E-state index in [9.17, 15) is 0 Å². The fourth-order valence-electron chi connectivity index (χ4n) is 1.37. The molecule has 0 spiro atoms. The van der Waals surface area contributed by atoms with Gasteiger partial charge in [-0.15, -0.1) is 11.6 Å². The Labute approximate surface area is 107 Å². The molecule has 0 amide bonds. The molecule has 1 atom stereocenters. The first-order valence-corrected chi connectivity index (χ1v) is 6.15. The molecule has 1 N–H and O–H groups in total. The molecule has 0 aliphatic rings. The van der Waals surface area contributed by atoms with Crippen LogP contribution in [-0.2, 0) is 0 Å². The molecule has 90 valence electrons. The molecule has 1 aromatic rings. The molecule has 3 nitrogen and oxygen atoms in total. The Balaban J connectivity index is 2.72. The molecular formula is C11H17Cl2N3. The van der Waals surface area contributed by atoms with Crippen molar-refractivity contribution in [3.8, 4) is 0 Å². The van der Waals surface area contributed by atoms with Crippen molar-refractivity contribution < 1.29 is 0 Å². The summed E-state index contributed by atoms with van der Waals surface area (Å²) in [5.41, 5.74) is 0.109. The van der Waals surface area contributed by atoms with Crippen LogP contribution in [0.4, 0.5) is 5.95 Å². The van der Waals surface area contributed by atoms with Crippen LogP contribution in [0, 0.1) is 5.41 Å². The van der Waals surface area contributed by atoms with Gasteiger partial charge >= 0.3 is 0 Å². The van der Waals surface area contributed by atoms with E-state index in [0.717, 1.165) is 6.42 Å². The molecule has 0 aromatic carbocycles. The number of aromatic nitrogens is 2. The smallest absolute Gasteiger partial charge is 0.222 e. The van der Waals surface area contributed by atoms with Gasteiger partial charge in [0.2, 0.25) is 5.95 Å². The summed E-state index contributed by atoms with van der Waals surface area (Å²) in [5, 5.41) is 3.82. The van der Waals surface area contributed by atoms with E-state index in [4.69, 9.17) is 23.2 Å². The molecule has 0 radical (unpaired) electrons. The number of hydrogen-bond donors (Lipinski definition) is 1. The second kappa shape index (κ2) is 5.69. The molecule has 5 heteroatoms. The topological polar surface area (TPSA) is 37.8 Å². The molecule has 0 aliphatic carbocycles. The lowest BCUT2D eigenvalue weighted by molar-refractivity contribution is 0.333. The molecular weight excluding hydrogens is 245 g/mol. The van der Waals surface area contributed by atoms with E-state index in [-0.39, 0.29) is 11.5 Å². The quantitative estimate of drug-likeness (QED) is 0.842. The van der Waals surface area contributed by atoms with Gasteiger partial charge in [-0.1, -0.05) is 32.4 Å². The maximum atomic E-state index is 5.79. The normalized spacial score (nSPS) is 13.6. The number of rotatable bonds is 4. The lowest BCUT2D eigenvalue weighted by Gasteiger charge is -2.31. The van der Waals surface area contributed by atoms with Crippen molar-refractivity contribution in [2.45, 2.75) is 33.2 Å². The zero-order valence-corrected chi connectivity index (χ0v) is 11.3. The maximum absolute atomic E-state index is 5.79. The monoisotopic (exact) mass is 261 g/mol. The highest BCUT2D eigenvalue weighted by Gasteiger charge is 2.24. The standard InChI is InChI=1S/C11H17Cl2N3/c1-11(2,3)9(4-5-12)16-10-14-6-8(13)7-15-10/h6-7,9H,4-5H2,1-3H3,(H,14,15,16). The zero-order chi connectivity index (χ0) is 12.2. The van der Waals surface area contributed by atoms with Crippen molar-refractivity contribution >= 4 is 29.2 Å². The predicted molar refractivity (Wildman–Crippen MR) is 69.2 cm³/mol. The van der Waals surface area contributed by atoms with Gasteiger partial charge in [0.05, 0.1) is 17.4 Å². The van der Waals surface area contributed by atoms with Gasteiger partial charge in [-0.05, 0) is 11.8 Å². The van der Waals surface area contributed by atoms with Gasteiger partial charge in [0.1, 0.15) is 0 Å². The summed E-state index contributed by atoms with van der Waals surface area (Å²) in [6.45, 7) is 6.48. The van der Waals surface area contributed by atoms with Crippen LogP contribution in [0.15, 0.2) is 12.4 Å². The molecule has 0 bridgehead atoms. The summed E-state index contributed by atoms with van der Waals surface area (Å²) in [6, 6.07) is 0.242. The molecule has 0 aliphatic heterocycles. The molecule has 1 unspecified atom stereocenters. The summed E-state index contributed by atoms with van der Waals surface area (Å²) in [4.78, 5) is 8.23. The van der Waals surface area contributed by atoms with Gasteiger partial charge in [-0.25, -0.2) is 9.97 Å². The summed E-state index contributed by atoms with van der Waals surface area (Å²) >= 11 is 11.5. The van der Waals surface area contributed by atoms with Gasteiger partial charge in [0.15, 0.2) is 0 Å². The number of nitrogens with zero attached hydrogens (tertiary/aromatic N) is 2. The second-order valence-corrected chi connectivity index (χ2v) is 5.58. The minimum atomic E-state index is 0.109. The molecule has 0 fully saturated rings. The van der Waals surface area contributed by atoms with Crippen LogP contribution < -0.4 is 5.32 Å². The fourth-order valence-corrected chi connectivity index (χ4v) is 1.69. The number of anilines is 1. The third kappa shape index (κ3) is 4.14. The highest BCUT2D eigenvalue weighted by molar-refractivity contribution is 6.30. The van der Waals surface area contributed by atoms with E-state index in [0.29, 0.717) is 16.9 Å². The van der Waals surface area contributed by atoms with Crippen LogP contribution in [0.25, 0.3) is 0 Å². The van der Waals surface area contributed by atoms with Gasteiger partial charge in [-0.3, -0.25) is 0 Å². The van der Waals surface area contributed by atoms with Gasteiger partial charge in [0, 0.05) is 11.9 Å². The van der Waals surface area contributed by atoms with Crippen LogP contribution >= 0.6 is 23.2 Å². The Hall–Kier alpha value is -0.540. The molecule has 0 saturated heterocycles. The van der Waals surface area contributed by atoms with Crippen LogP contribution in [0.3, 0.4) is 0 Å². The van der Waals surface area contributed by atoms with Gasteiger partial charge in [0.25, 0.3) is 0 Å². The van der Waals surface area contributed by atoms with E-state index in [1.165, 1.54) is 0 Å². The van der Waals surface area contributed by atoms with Gasteiger partial charge < -0.3 is 5.32 Å². The van der Waals surface area contributed by atoms with Crippen molar-refractivity contribution in [1.29, 1.82) is 0 Å². The van der Waals surface area contributed by atoms with Crippen molar-refractivity contribution in [1.82, 2.24) is 9.97 Å². The van der Waals surface area contributed by atoms with Crippen molar-refractivity contribution in [2.75, 3.05) is 11.2 Å². The van der Waals surface area contributed by atoms with E-state index in [2.05, 4.69) is 36.1 Å².